The van der Waals surface area contributed by atoms with Gasteiger partial charge in [0.25, 0.3) is 0 Å². The van der Waals surface area contributed by atoms with Gasteiger partial charge >= 0.3 is 39.7 Å². The van der Waals surface area contributed by atoms with E-state index in [4.69, 9.17) is 0 Å². The third-order valence-electron chi connectivity index (χ3n) is 1.99. The number of nitrogens with zero attached hydrogens (tertiary/aromatic N) is 1. The minimum absolute atomic E-state index is 0. The Morgan fingerprint density at radius 3 is 2.14 bits per heavy atom. The van der Waals surface area contributed by atoms with Gasteiger partial charge in [-0.15, -0.1) is 0 Å². The number of rotatable bonds is 4. The van der Waals surface area contributed by atoms with Crippen LogP contribution in [-0.4, -0.2) is 33.3 Å². The van der Waals surface area contributed by atoms with Crippen molar-refractivity contribution in [3.05, 3.63) is 24.3 Å². The van der Waals surface area contributed by atoms with Crippen molar-refractivity contribution in [2.24, 2.45) is 4.99 Å². The first-order valence-electron chi connectivity index (χ1n) is 5.45. The Balaban J connectivity index is 0.00000400. The van der Waals surface area contributed by atoms with E-state index < -0.39 is 35.6 Å². The van der Waals surface area contributed by atoms with Crippen LogP contribution >= 0.6 is 0 Å². The molecule has 0 atom stereocenters. The van der Waals surface area contributed by atoms with Crippen LogP contribution in [0.25, 0.3) is 0 Å². The zero-order valence-electron chi connectivity index (χ0n) is 12.1. The fourth-order valence-corrected chi connectivity index (χ4v) is 2.45. The molecule has 0 aromatic heterocycles. The summed E-state index contributed by atoms with van der Waals surface area (Å²) in [5.41, 5.74) is -0.518. The van der Waals surface area contributed by atoms with Crippen LogP contribution in [0.4, 0.5) is 0 Å². The number of hydrogen-bond donors (Lipinski definition) is 0. The van der Waals surface area contributed by atoms with Crippen molar-refractivity contribution >= 4 is 26.6 Å². The predicted octanol–water partition coefficient (Wildman–Crippen LogP) is -1.87. The van der Waals surface area contributed by atoms with Crippen molar-refractivity contribution in [2.75, 3.05) is 0 Å². The van der Waals surface area contributed by atoms with E-state index in [0.717, 1.165) is 30.7 Å². The van der Waals surface area contributed by atoms with E-state index in [1.54, 1.807) is 20.8 Å². The summed E-state index contributed by atoms with van der Waals surface area (Å²) < 4.78 is 60.6. The van der Waals surface area contributed by atoms with E-state index in [-0.39, 0.29) is 29.6 Å². The minimum Gasteiger partial charge on any atom is -0.744 e. The third kappa shape index (κ3) is 6.90. The van der Waals surface area contributed by atoms with Crippen LogP contribution in [0.3, 0.4) is 0 Å². The largest absolute Gasteiger partial charge is 1.00 e. The topological polar surface area (TPSA) is 113 Å². The summed E-state index contributed by atoms with van der Waals surface area (Å²) in [6.45, 7) is 5.22. The Morgan fingerprint density at radius 2 is 1.67 bits per heavy atom. The maximum atomic E-state index is 11.8. The second-order valence-electron chi connectivity index (χ2n) is 4.88. The Kier molecular flexibility index (Phi) is 7.05. The number of hydrogen-bond acceptors (Lipinski definition) is 7. The second-order valence-corrected chi connectivity index (χ2v) is 7.84. The van der Waals surface area contributed by atoms with E-state index in [1.807, 2.05) is 0 Å². The fourth-order valence-electron chi connectivity index (χ4n) is 1.08. The van der Waals surface area contributed by atoms with E-state index >= 15 is 0 Å². The smallest absolute Gasteiger partial charge is 0.744 e. The molecular formula is C11H14NNaO6S2. The quantitative estimate of drug-likeness (QED) is 0.208. The van der Waals surface area contributed by atoms with Crippen molar-refractivity contribution in [1.29, 1.82) is 0 Å². The van der Waals surface area contributed by atoms with Crippen molar-refractivity contribution in [2.45, 2.75) is 36.1 Å². The first-order chi connectivity index (χ1) is 8.92. The molecule has 0 heterocycles. The van der Waals surface area contributed by atoms with E-state index in [9.17, 15) is 21.4 Å². The molecule has 0 saturated carbocycles. The molecule has 112 valence electrons. The molecule has 1 aromatic carbocycles. The van der Waals surface area contributed by atoms with Crippen LogP contribution in [0.5, 0.6) is 0 Å². The van der Waals surface area contributed by atoms with E-state index in [1.165, 1.54) is 0 Å². The second kappa shape index (κ2) is 7.21. The van der Waals surface area contributed by atoms with Crippen LogP contribution in [0.15, 0.2) is 39.0 Å². The molecule has 0 unspecified atom stereocenters. The van der Waals surface area contributed by atoms with Gasteiger partial charge in [0, 0.05) is 0 Å². The maximum absolute atomic E-state index is 11.8. The van der Waals surface area contributed by atoms with Gasteiger partial charge < -0.3 is 8.74 Å². The summed E-state index contributed by atoms with van der Waals surface area (Å²) in [4.78, 5) is 2.75. The molecule has 0 fully saturated rings. The van der Waals surface area contributed by atoms with Gasteiger partial charge in [-0.2, -0.15) is 8.42 Å². The molecule has 1 rings (SSSR count). The maximum Gasteiger partial charge on any atom is 1.00 e. The SMILES string of the molecule is CC(C)(C)N=COS(=O)(=O)c1cccc(S(=O)(=O)[O-])c1.[Na+]. The van der Waals surface area contributed by atoms with Gasteiger partial charge in [0.15, 0.2) is 6.40 Å². The molecule has 7 nitrogen and oxygen atoms in total. The first-order valence-corrected chi connectivity index (χ1v) is 8.26. The zero-order valence-corrected chi connectivity index (χ0v) is 15.7. The summed E-state index contributed by atoms with van der Waals surface area (Å²) in [7, 11) is -8.95. The minimum atomic E-state index is -4.73. The van der Waals surface area contributed by atoms with Crippen LogP contribution < -0.4 is 29.6 Å². The molecular weight excluding hydrogens is 329 g/mol. The molecule has 0 aliphatic rings. The Hall–Kier alpha value is -0.450. The molecule has 0 N–H and O–H groups in total. The summed E-state index contributed by atoms with van der Waals surface area (Å²) in [6.07, 6.45) is 0.772. The predicted molar refractivity (Wildman–Crippen MR) is 70.9 cm³/mol. The monoisotopic (exact) mass is 343 g/mol. The summed E-state index contributed by atoms with van der Waals surface area (Å²) in [5, 5.41) is 0. The van der Waals surface area contributed by atoms with Crippen LogP contribution in [0.2, 0.25) is 0 Å². The van der Waals surface area contributed by atoms with Crippen molar-refractivity contribution in [1.82, 2.24) is 0 Å². The average molecular weight is 343 g/mol. The summed E-state index contributed by atoms with van der Waals surface area (Å²) in [5.74, 6) is 0. The van der Waals surface area contributed by atoms with E-state index in [0.29, 0.717) is 0 Å². The number of benzene rings is 1. The molecule has 0 aliphatic carbocycles. The van der Waals surface area contributed by atoms with E-state index in [2.05, 4.69) is 9.18 Å². The Morgan fingerprint density at radius 1 is 1.14 bits per heavy atom. The molecule has 0 saturated heterocycles. The normalized spacial score (nSPS) is 13.0. The van der Waals surface area contributed by atoms with Gasteiger partial charge in [-0.3, -0.25) is 4.99 Å². The average Bonchev–Trinajstić information content (AvgIpc) is 2.26. The van der Waals surface area contributed by atoms with Gasteiger partial charge in [0.1, 0.15) is 15.0 Å². The van der Waals surface area contributed by atoms with Gasteiger partial charge in [-0.25, -0.2) is 8.42 Å². The van der Waals surface area contributed by atoms with Crippen LogP contribution in [0, 0.1) is 0 Å². The van der Waals surface area contributed by atoms with Gasteiger partial charge in [-0.05, 0) is 39.0 Å². The third-order valence-corrected chi connectivity index (χ3v) is 3.99. The number of aliphatic imine (C=N–C) groups is 1. The molecule has 0 spiro atoms. The standard InChI is InChI=1S/C11H15NO6S2.Na/c1-11(2,3)12-8-18-20(16,17)10-6-4-5-9(7-10)19(13,14)15;/h4-8H,1-3H3,(H,13,14,15);/q;+1/p-1. The Bertz CT molecular complexity index is 719. The van der Waals surface area contributed by atoms with Crippen molar-refractivity contribution < 1.29 is 55.1 Å². The molecule has 0 bridgehead atoms. The molecule has 1 aromatic rings. The van der Waals surface area contributed by atoms with Gasteiger partial charge in [0.05, 0.1) is 10.4 Å². The van der Waals surface area contributed by atoms with Crippen LogP contribution in [-0.2, 0) is 24.4 Å². The molecule has 0 aliphatic heterocycles. The molecule has 0 radical (unpaired) electrons. The molecule has 0 amide bonds. The van der Waals surface area contributed by atoms with Crippen molar-refractivity contribution in [3.8, 4) is 0 Å². The fraction of sp³-hybridized carbons (Fsp3) is 0.364. The van der Waals surface area contributed by atoms with Gasteiger partial charge in [-0.1, -0.05) is 6.07 Å². The van der Waals surface area contributed by atoms with Crippen LogP contribution in [0.1, 0.15) is 20.8 Å². The zero-order chi connectivity index (χ0) is 15.6. The van der Waals surface area contributed by atoms with Gasteiger partial charge in [0.2, 0.25) is 0 Å². The summed E-state index contributed by atoms with van der Waals surface area (Å²) >= 11 is 0. The first kappa shape index (κ1) is 20.6. The molecule has 21 heavy (non-hydrogen) atoms. The summed E-state index contributed by atoms with van der Waals surface area (Å²) in [6, 6.07) is 4.00. The molecule has 10 heteroatoms. The Labute approximate surface area is 146 Å². The van der Waals surface area contributed by atoms with Crippen molar-refractivity contribution in [3.63, 3.8) is 0 Å².